The van der Waals surface area contributed by atoms with Crippen LogP contribution in [0.3, 0.4) is 0 Å². The fraction of sp³-hybridized carbons (Fsp3) is 0.826. The smallest absolute Gasteiger partial charge is 0.450 e. The summed E-state index contributed by atoms with van der Waals surface area (Å²) in [6.07, 6.45) is 9.08. The molecule has 3 saturated carbocycles. The number of hydrogen-bond acceptors (Lipinski definition) is 4. The monoisotopic (exact) mass is 406 g/mol. The van der Waals surface area contributed by atoms with Gasteiger partial charge in [-0.1, -0.05) is 25.5 Å². The molecule has 0 aliphatic heterocycles. The summed E-state index contributed by atoms with van der Waals surface area (Å²) in [5, 5.41) is 18.2. The van der Waals surface area contributed by atoms with Crippen LogP contribution in [-0.4, -0.2) is 35.2 Å². The van der Waals surface area contributed by atoms with Crippen LogP contribution in [0, 0.1) is 34.5 Å². The minimum atomic E-state index is -1.21. The first-order valence-corrected chi connectivity index (χ1v) is 11.2. The van der Waals surface area contributed by atoms with Crippen molar-refractivity contribution in [2.24, 2.45) is 34.5 Å². The molecule has 0 spiro atoms. The minimum Gasteiger partial charge on any atom is -0.450 e. The van der Waals surface area contributed by atoms with Crippen LogP contribution in [-0.2, 0) is 9.47 Å². The Morgan fingerprint density at radius 1 is 1.10 bits per heavy atom. The van der Waals surface area contributed by atoms with Crippen molar-refractivity contribution in [3.8, 4) is 0 Å². The number of fused-ring (bicyclic) bond motifs is 5. The average Bonchev–Trinajstić information content (AvgIpc) is 2.98. The summed E-state index contributed by atoms with van der Waals surface area (Å²) in [7, 11) is 0. The van der Waals surface area contributed by atoms with Gasteiger partial charge in [-0.3, -0.25) is 0 Å². The van der Waals surface area contributed by atoms with Gasteiger partial charge in [0.1, 0.15) is 6.10 Å². The topological polar surface area (TPSA) is 93.1 Å². The van der Waals surface area contributed by atoms with Gasteiger partial charge in [-0.25, -0.2) is 9.59 Å². The lowest BCUT2D eigenvalue weighted by Crippen LogP contribution is -2.56. The molecule has 0 radical (unpaired) electrons. The highest BCUT2D eigenvalue weighted by molar-refractivity contribution is 5.57. The van der Waals surface area contributed by atoms with Crippen molar-refractivity contribution in [1.82, 2.24) is 0 Å². The molecular formula is C23H34O6. The first-order valence-electron chi connectivity index (χ1n) is 11.2. The summed E-state index contributed by atoms with van der Waals surface area (Å²) in [4.78, 5) is 22.2. The molecule has 4 aliphatic carbocycles. The fourth-order valence-corrected chi connectivity index (χ4v) is 7.81. The first kappa shape index (κ1) is 20.5. The van der Waals surface area contributed by atoms with Gasteiger partial charge in [-0.05, 0) is 80.0 Å². The van der Waals surface area contributed by atoms with E-state index >= 15 is 0 Å². The molecule has 0 aromatic rings. The summed E-state index contributed by atoms with van der Waals surface area (Å²) in [5.74, 6) is 1.59. The van der Waals surface area contributed by atoms with Gasteiger partial charge in [-0.15, -0.1) is 0 Å². The van der Waals surface area contributed by atoms with Crippen LogP contribution in [0.5, 0.6) is 0 Å². The zero-order chi connectivity index (χ0) is 20.8. The van der Waals surface area contributed by atoms with E-state index in [9.17, 15) is 14.7 Å². The number of carbonyl (C=O) groups is 2. The second-order valence-electron chi connectivity index (χ2n) is 10.2. The van der Waals surface area contributed by atoms with Gasteiger partial charge in [-0.2, -0.15) is 0 Å². The molecule has 7 atom stereocenters. The molecule has 0 amide bonds. The Morgan fingerprint density at radius 2 is 1.90 bits per heavy atom. The molecule has 6 nitrogen and oxygen atoms in total. The molecule has 0 aromatic carbocycles. The maximum absolute atomic E-state index is 11.5. The summed E-state index contributed by atoms with van der Waals surface area (Å²) in [6, 6.07) is 0. The van der Waals surface area contributed by atoms with E-state index in [1.54, 1.807) is 0 Å². The van der Waals surface area contributed by atoms with E-state index in [0.29, 0.717) is 17.8 Å². The molecule has 29 heavy (non-hydrogen) atoms. The molecule has 2 N–H and O–H groups in total. The van der Waals surface area contributed by atoms with E-state index < -0.39 is 12.3 Å². The standard InChI is InChI=1S/C23H34O6/c1-22-10-4-3-5-15(22)13-18(29-21(26)27)19-16-7-6-14(9-12-28-20(24)25)23(16,2)11-8-17(19)22/h5,14,16-19H,3-4,6-13H2,1-2H3,(H,24,25)(H,26,27)/t14-,16+,17+,18?,19+,22+,23-/m1/s1. The van der Waals surface area contributed by atoms with Crippen LogP contribution in [0.25, 0.3) is 0 Å². The summed E-state index contributed by atoms with van der Waals surface area (Å²) in [5.41, 5.74) is 1.70. The second-order valence-corrected chi connectivity index (χ2v) is 10.2. The molecule has 0 saturated heterocycles. The number of carboxylic acid groups (broad SMARTS) is 2. The molecule has 0 bridgehead atoms. The zero-order valence-corrected chi connectivity index (χ0v) is 17.6. The first-order chi connectivity index (χ1) is 13.8. The Balaban J connectivity index is 1.61. The highest BCUT2D eigenvalue weighted by atomic mass is 16.7. The van der Waals surface area contributed by atoms with Crippen molar-refractivity contribution in [2.45, 2.75) is 77.7 Å². The molecule has 1 unspecified atom stereocenters. The fourth-order valence-electron chi connectivity index (χ4n) is 7.81. The van der Waals surface area contributed by atoms with E-state index in [0.717, 1.165) is 44.9 Å². The van der Waals surface area contributed by atoms with E-state index in [4.69, 9.17) is 14.6 Å². The minimum absolute atomic E-state index is 0.107. The van der Waals surface area contributed by atoms with Crippen LogP contribution in [0.4, 0.5) is 9.59 Å². The van der Waals surface area contributed by atoms with E-state index in [1.165, 1.54) is 18.4 Å². The Morgan fingerprint density at radius 3 is 2.62 bits per heavy atom. The lowest BCUT2D eigenvalue weighted by Gasteiger charge is -2.60. The summed E-state index contributed by atoms with van der Waals surface area (Å²) in [6.45, 7) is 5.00. The highest BCUT2D eigenvalue weighted by Crippen LogP contribution is 2.67. The van der Waals surface area contributed by atoms with Crippen LogP contribution in [0.2, 0.25) is 0 Å². The van der Waals surface area contributed by atoms with E-state index in [2.05, 4.69) is 19.9 Å². The molecular weight excluding hydrogens is 372 g/mol. The van der Waals surface area contributed by atoms with Crippen molar-refractivity contribution in [3.63, 3.8) is 0 Å². The molecule has 4 rings (SSSR count). The van der Waals surface area contributed by atoms with Gasteiger partial charge in [0.25, 0.3) is 0 Å². The Hall–Kier alpha value is -1.72. The maximum Gasteiger partial charge on any atom is 0.506 e. The normalized spacial score (nSPS) is 43.4. The zero-order valence-electron chi connectivity index (χ0n) is 17.6. The lowest BCUT2D eigenvalue weighted by atomic mass is 9.46. The quantitative estimate of drug-likeness (QED) is 0.458. The molecule has 3 fully saturated rings. The van der Waals surface area contributed by atoms with E-state index in [-0.39, 0.29) is 29.5 Å². The summed E-state index contributed by atoms with van der Waals surface area (Å²) < 4.78 is 10.3. The van der Waals surface area contributed by atoms with Crippen LogP contribution in [0.1, 0.15) is 71.6 Å². The molecule has 0 heterocycles. The van der Waals surface area contributed by atoms with Crippen molar-refractivity contribution in [1.29, 1.82) is 0 Å². The Labute approximate surface area is 172 Å². The third kappa shape index (κ3) is 3.42. The largest absolute Gasteiger partial charge is 0.506 e. The number of hydrogen-bond donors (Lipinski definition) is 2. The van der Waals surface area contributed by atoms with E-state index in [1.807, 2.05) is 0 Å². The predicted molar refractivity (Wildman–Crippen MR) is 107 cm³/mol. The molecule has 4 aliphatic rings. The number of ether oxygens (including phenoxy) is 2. The number of allylic oxidation sites excluding steroid dienone is 1. The van der Waals surface area contributed by atoms with Gasteiger partial charge >= 0.3 is 12.3 Å². The maximum atomic E-state index is 11.5. The third-order valence-electron chi connectivity index (χ3n) is 9.17. The SMILES string of the molecule is C[C@]12CC[C@H]3[C@@H](C(OC(=O)O)CC4=CCCC[C@@]43C)[C@@H]1CC[C@@H]2CCOC(=O)O. The highest BCUT2D eigenvalue weighted by Gasteiger charge is 2.61. The molecule has 6 heteroatoms. The Kier molecular flexibility index (Phi) is 5.32. The second kappa shape index (κ2) is 7.51. The van der Waals surface area contributed by atoms with Gasteiger partial charge < -0.3 is 19.7 Å². The van der Waals surface area contributed by atoms with Gasteiger partial charge in [0.05, 0.1) is 6.61 Å². The van der Waals surface area contributed by atoms with Crippen molar-refractivity contribution in [2.75, 3.05) is 6.61 Å². The number of rotatable bonds is 4. The van der Waals surface area contributed by atoms with Crippen LogP contribution in [0.15, 0.2) is 11.6 Å². The van der Waals surface area contributed by atoms with Crippen LogP contribution < -0.4 is 0 Å². The van der Waals surface area contributed by atoms with Crippen LogP contribution >= 0.6 is 0 Å². The third-order valence-corrected chi connectivity index (χ3v) is 9.17. The van der Waals surface area contributed by atoms with Gasteiger partial charge in [0.2, 0.25) is 0 Å². The summed E-state index contributed by atoms with van der Waals surface area (Å²) >= 11 is 0. The predicted octanol–water partition coefficient (Wildman–Crippen LogP) is 5.71. The van der Waals surface area contributed by atoms with Crippen molar-refractivity contribution in [3.05, 3.63) is 11.6 Å². The van der Waals surface area contributed by atoms with Gasteiger partial charge in [0, 0.05) is 12.3 Å². The molecule has 0 aromatic heterocycles. The lowest BCUT2D eigenvalue weighted by molar-refractivity contribution is -0.117. The average molecular weight is 407 g/mol. The van der Waals surface area contributed by atoms with Gasteiger partial charge in [0.15, 0.2) is 0 Å². The van der Waals surface area contributed by atoms with Crippen molar-refractivity contribution < 1.29 is 29.3 Å². The molecule has 162 valence electrons. The Bertz CT molecular complexity index is 701. The van der Waals surface area contributed by atoms with Crippen molar-refractivity contribution >= 4 is 12.3 Å².